The van der Waals surface area contributed by atoms with E-state index in [-0.39, 0.29) is 23.5 Å². The minimum atomic E-state index is -4.55. The maximum absolute atomic E-state index is 14.0. The highest BCUT2D eigenvalue weighted by Gasteiger charge is 2.31. The molecule has 0 fully saturated rings. The van der Waals surface area contributed by atoms with E-state index in [1.807, 2.05) is 0 Å². The van der Waals surface area contributed by atoms with Gasteiger partial charge in [-0.15, -0.1) is 0 Å². The molecule has 4 rings (SSSR count). The monoisotopic (exact) mass is 546 g/mol. The van der Waals surface area contributed by atoms with Gasteiger partial charge in [-0.2, -0.15) is 13.2 Å². The van der Waals surface area contributed by atoms with Crippen LogP contribution in [0.1, 0.15) is 23.1 Å². The van der Waals surface area contributed by atoms with E-state index < -0.39 is 54.1 Å². The normalized spacial score (nSPS) is 14.4. The minimum absolute atomic E-state index is 0.0471. The van der Waals surface area contributed by atoms with Gasteiger partial charge in [-0.25, -0.2) is 25.6 Å². The topological polar surface area (TPSA) is 83.6 Å². The molecular formula is C23H19F5N2O4S2. The van der Waals surface area contributed by atoms with Gasteiger partial charge in [0.25, 0.3) is 10.0 Å². The number of sulfonamides is 2. The van der Waals surface area contributed by atoms with Crippen molar-refractivity contribution in [3.05, 3.63) is 89.0 Å². The zero-order chi connectivity index (χ0) is 26.3. The van der Waals surface area contributed by atoms with Crippen LogP contribution in [0.4, 0.5) is 33.3 Å². The van der Waals surface area contributed by atoms with Gasteiger partial charge in [0, 0.05) is 12.6 Å². The van der Waals surface area contributed by atoms with E-state index in [0.29, 0.717) is 24.5 Å². The van der Waals surface area contributed by atoms with Crippen LogP contribution < -0.4 is 9.03 Å². The molecule has 3 aromatic rings. The van der Waals surface area contributed by atoms with Crippen molar-refractivity contribution in [2.45, 2.75) is 29.7 Å². The largest absolute Gasteiger partial charge is 0.416 e. The molecule has 1 heterocycles. The molecule has 0 saturated carbocycles. The number of benzene rings is 3. The first-order chi connectivity index (χ1) is 16.8. The second-order valence-corrected chi connectivity index (χ2v) is 11.7. The van der Waals surface area contributed by atoms with Crippen LogP contribution >= 0.6 is 0 Å². The summed E-state index contributed by atoms with van der Waals surface area (Å²) in [4.78, 5) is -0.784. The molecule has 36 heavy (non-hydrogen) atoms. The molecule has 0 spiro atoms. The van der Waals surface area contributed by atoms with Crippen molar-refractivity contribution in [1.82, 2.24) is 0 Å². The van der Waals surface area contributed by atoms with E-state index in [9.17, 15) is 38.8 Å². The van der Waals surface area contributed by atoms with Gasteiger partial charge >= 0.3 is 6.18 Å². The van der Waals surface area contributed by atoms with Gasteiger partial charge in [-0.3, -0.25) is 9.03 Å². The van der Waals surface area contributed by atoms with Gasteiger partial charge in [0.1, 0.15) is 16.5 Å². The van der Waals surface area contributed by atoms with Crippen LogP contribution in [0.2, 0.25) is 0 Å². The summed E-state index contributed by atoms with van der Waals surface area (Å²) >= 11 is 0. The number of fused-ring (bicyclic) bond motifs is 1. The van der Waals surface area contributed by atoms with Gasteiger partial charge < -0.3 is 0 Å². The highest BCUT2D eigenvalue weighted by Crippen LogP contribution is 2.34. The minimum Gasteiger partial charge on any atom is -0.279 e. The number of nitrogens with zero attached hydrogens (tertiary/aromatic N) is 1. The lowest BCUT2D eigenvalue weighted by Gasteiger charge is -2.31. The fourth-order valence-electron chi connectivity index (χ4n) is 3.88. The van der Waals surface area contributed by atoms with Crippen LogP contribution in [0.15, 0.2) is 65.6 Å². The molecule has 3 aromatic carbocycles. The van der Waals surface area contributed by atoms with Crippen LogP contribution in [-0.2, 0) is 38.4 Å². The number of halogens is 5. The van der Waals surface area contributed by atoms with E-state index in [0.717, 1.165) is 40.7 Å². The number of anilines is 2. The predicted octanol–water partition coefficient (Wildman–Crippen LogP) is 5.07. The summed E-state index contributed by atoms with van der Waals surface area (Å²) in [6, 6.07) is 9.99. The molecule has 13 heteroatoms. The van der Waals surface area contributed by atoms with E-state index in [1.165, 1.54) is 18.2 Å². The molecule has 1 aliphatic rings. The van der Waals surface area contributed by atoms with Gasteiger partial charge in [0.2, 0.25) is 10.0 Å². The Morgan fingerprint density at radius 1 is 0.889 bits per heavy atom. The Balaban J connectivity index is 1.61. The Bertz CT molecular complexity index is 1510. The highest BCUT2D eigenvalue weighted by molar-refractivity contribution is 7.92. The van der Waals surface area contributed by atoms with Crippen molar-refractivity contribution in [3.8, 4) is 0 Å². The maximum Gasteiger partial charge on any atom is 0.416 e. The average molecular weight is 547 g/mol. The summed E-state index contributed by atoms with van der Waals surface area (Å²) in [5.41, 5.74) is 0.0236. The van der Waals surface area contributed by atoms with Crippen LogP contribution in [-0.4, -0.2) is 23.4 Å². The first kappa shape index (κ1) is 25.9. The Kier molecular flexibility index (Phi) is 6.73. The fraction of sp³-hybridized carbons (Fsp3) is 0.217. The molecule has 0 aromatic heterocycles. The summed E-state index contributed by atoms with van der Waals surface area (Å²) in [5, 5.41) is 0. The quantitative estimate of drug-likeness (QED) is 0.438. The lowest BCUT2D eigenvalue weighted by Crippen LogP contribution is -2.36. The summed E-state index contributed by atoms with van der Waals surface area (Å²) < 4.78 is 120. The predicted molar refractivity (Wildman–Crippen MR) is 123 cm³/mol. The average Bonchev–Trinajstić information content (AvgIpc) is 2.77. The van der Waals surface area contributed by atoms with E-state index in [4.69, 9.17) is 0 Å². The van der Waals surface area contributed by atoms with Crippen molar-refractivity contribution in [2.24, 2.45) is 0 Å². The molecular weight excluding hydrogens is 527 g/mol. The molecule has 0 saturated heterocycles. The summed E-state index contributed by atoms with van der Waals surface area (Å²) in [6.45, 7) is 0.0821. The third kappa shape index (κ3) is 5.46. The van der Waals surface area contributed by atoms with Crippen LogP contribution in [0.25, 0.3) is 0 Å². The van der Waals surface area contributed by atoms with Gasteiger partial charge in [-0.05, 0) is 60.4 Å². The Labute approximate surface area is 204 Å². The highest BCUT2D eigenvalue weighted by atomic mass is 32.2. The molecule has 0 bridgehead atoms. The first-order valence-electron chi connectivity index (χ1n) is 10.5. The summed E-state index contributed by atoms with van der Waals surface area (Å²) in [7, 11) is -8.51. The summed E-state index contributed by atoms with van der Waals surface area (Å²) in [5.74, 6) is -2.81. The molecule has 1 aliphatic heterocycles. The first-order valence-corrected chi connectivity index (χ1v) is 13.6. The zero-order valence-corrected chi connectivity index (χ0v) is 20.0. The Morgan fingerprint density at radius 2 is 1.58 bits per heavy atom. The maximum atomic E-state index is 14.0. The van der Waals surface area contributed by atoms with Crippen LogP contribution in [0.5, 0.6) is 0 Å². The molecule has 0 unspecified atom stereocenters. The second-order valence-electron chi connectivity index (χ2n) is 8.15. The number of nitrogens with one attached hydrogen (secondary N) is 1. The lowest BCUT2D eigenvalue weighted by atomic mass is 10.0. The van der Waals surface area contributed by atoms with Gasteiger partial charge in [0.05, 0.1) is 22.7 Å². The number of hydrogen-bond donors (Lipinski definition) is 1. The zero-order valence-electron chi connectivity index (χ0n) is 18.4. The number of hydrogen-bond acceptors (Lipinski definition) is 4. The second kappa shape index (κ2) is 9.36. The smallest absolute Gasteiger partial charge is 0.279 e. The van der Waals surface area contributed by atoms with Crippen molar-refractivity contribution >= 4 is 31.4 Å². The van der Waals surface area contributed by atoms with E-state index in [2.05, 4.69) is 4.72 Å². The SMILES string of the molecule is O=S(=O)(Nc1ccc2c(c1)N(S(=O)(=O)Cc1ccc(C(F)(F)F)cc1)CCC2)c1ccc(F)cc1F. The molecule has 192 valence electrons. The van der Waals surface area contributed by atoms with Crippen LogP contribution in [0, 0.1) is 11.6 Å². The Morgan fingerprint density at radius 3 is 2.22 bits per heavy atom. The number of alkyl halides is 3. The van der Waals surface area contributed by atoms with E-state index >= 15 is 0 Å². The number of rotatable bonds is 6. The van der Waals surface area contributed by atoms with Crippen molar-refractivity contribution in [1.29, 1.82) is 0 Å². The number of aryl methyl sites for hydroxylation is 1. The molecule has 0 amide bonds. The molecule has 0 atom stereocenters. The Hall–Kier alpha value is -3.19. The third-order valence-electron chi connectivity index (χ3n) is 5.56. The van der Waals surface area contributed by atoms with Crippen LogP contribution in [0.3, 0.4) is 0 Å². The summed E-state index contributed by atoms with van der Waals surface area (Å²) in [6.07, 6.45) is -3.56. The molecule has 6 nitrogen and oxygen atoms in total. The van der Waals surface area contributed by atoms with Crippen molar-refractivity contribution < 1.29 is 38.8 Å². The lowest BCUT2D eigenvalue weighted by molar-refractivity contribution is -0.137. The fourth-order valence-corrected chi connectivity index (χ4v) is 6.63. The molecule has 0 radical (unpaired) electrons. The standard InChI is InChI=1S/C23H19F5N2O4S2/c24-18-8-10-22(20(25)12-18)36(33,34)29-19-9-5-16-2-1-11-30(21(16)13-19)35(31,32)14-15-3-6-17(7-4-15)23(26,27)28/h3-10,12-13,29H,1-2,11,14H2. The van der Waals surface area contributed by atoms with Crippen molar-refractivity contribution in [2.75, 3.05) is 15.6 Å². The van der Waals surface area contributed by atoms with E-state index in [1.54, 1.807) is 0 Å². The van der Waals surface area contributed by atoms with Gasteiger partial charge in [-0.1, -0.05) is 18.2 Å². The third-order valence-corrected chi connectivity index (χ3v) is 8.73. The molecule has 1 N–H and O–H groups in total. The molecule has 0 aliphatic carbocycles. The van der Waals surface area contributed by atoms with Gasteiger partial charge in [0.15, 0.2) is 0 Å². The van der Waals surface area contributed by atoms with Crippen molar-refractivity contribution in [3.63, 3.8) is 0 Å².